The first kappa shape index (κ1) is 14.6. The zero-order chi connectivity index (χ0) is 14.4. The average molecular weight is 274 g/mol. The molecule has 0 bridgehead atoms. The Labute approximate surface area is 120 Å². The van der Waals surface area contributed by atoms with Crippen molar-refractivity contribution in [2.24, 2.45) is 0 Å². The van der Waals surface area contributed by atoms with Crippen LogP contribution in [0.15, 0.2) is 30.3 Å². The molecule has 1 aliphatic rings. The van der Waals surface area contributed by atoms with E-state index in [2.05, 4.69) is 17.4 Å². The minimum atomic E-state index is -0.266. The molecule has 4 heteroatoms. The summed E-state index contributed by atoms with van der Waals surface area (Å²) < 4.78 is 0. The maximum absolute atomic E-state index is 12.2. The molecule has 20 heavy (non-hydrogen) atoms. The maximum Gasteiger partial charge on any atom is 0.242 e. The summed E-state index contributed by atoms with van der Waals surface area (Å²) in [6, 6.07) is 9.81. The molecule has 1 aromatic rings. The third-order valence-electron chi connectivity index (χ3n) is 3.73. The van der Waals surface area contributed by atoms with E-state index in [1.807, 2.05) is 25.1 Å². The average Bonchev–Trinajstić information content (AvgIpc) is 2.97. The van der Waals surface area contributed by atoms with E-state index in [9.17, 15) is 9.59 Å². The molecule has 1 unspecified atom stereocenters. The zero-order valence-corrected chi connectivity index (χ0v) is 12.0. The fourth-order valence-corrected chi connectivity index (χ4v) is 2.63. The van der Waals surface area contributed by atoms with Crippen LogP contribution in [0.3, 0.4) is 0 Å². The van der Waals surface area contributed by atoms with Gasteiger partial charge in [-0.3, -0.25) is 9.59 Å². The van der Waals surface area contributed by atoms with E-state index in [0.717, 1.165) is 19.3 Å². The van der Waals surface area contributed by atoms with E-state index in [-0.39, 0.29) is 17.9 Å². The van der Waals surface area contributed by atoms with Gasteiger partial charge in [0.15, 0.2) is 0 Å². The first-order chi connectivity index (χ1) is 9.72. The van der Waals surface area contributed by atoms with Gasteiger partial charge in [-0.05, 0) is 24.8 Å². The Morgan fingerprint density at radius 2 is 2.05 bits per heavy atom. The molecule has 1 saturated heterocycles. The Balaban J connectivity index is 1.81. The molecule has 0 saturated carbocycles. The molecule has 0 radical (unpaired) electrons. The highest BCUT2D eigenvalue weighted by atomic mass is 16.2. The molecule has 1 heterocycles. The zero-order valence-electron chi connectivity index (χ0n) is 12.0. The van der Waals surface area contributed by atoms with E-state index >= 15 is 0 Å². The van der Waals surface area contributed by atoms with Crippen LogP contribution >= 0.6 is 0 Å². The lowest BCUT2D eigenvalue weighted by atomic mass is 10.1. The minimum absolute atomic E-state index is 0.0137. The van der Waals surface area contributed by atoms with Crippen LogP contribution < -0.4 is 5.32 Å². The van der Waals surface area contributed by atoms with E-state index in [4.69, 9.17) is 0 Å². The fourth-order valence-electron chi connectivity index (χ4n) is 2.63. The predicted molar refractivity (Wildman–Crippen MR) is 78.2 cm³/mol. The van der Waals surface area contributed by atoms with Gasteiger partial charge in [0.05, 0.1) is 0 Å². The molecule has 2 amide bonds. The lowest BCUT2D eigenvalue weighted by Gasteiger charge is -2.23. The van der Waals surface area contributed by atoms with Crippen molar-refractivity contribution >= 4 is 11.8 Å². The standard InChI is InChI=1S/C16H22N2O2/c1-2-15(19)18-12-6-9-14(18)16(20)17-11-10-13-7-4-3-5-8-13/h3-5,7-8,14H,2,6,9-12H2,1H3,(H,17,20). The highest BCUT2D eigenvalue weighted by molar-refractivity contribution is 5.88. The number of carbonyl (C=O) groups is 2. The minimum Gasteiger partial charge on any atom is -0.354 e. The van der Waals surface area contributed by atoms with Gasteiger partial charge in [-0.25, -0.2) is 0 Å². The second kappa shape index (κ2) is 7.08. The fraction of sp³-hybridized carbons (Fsp3) is 0.500. The van der Waals surface area contributed by atoms with Crippen molar-refractivity contribution < 1.29 is 9.59 Å². The molecule has 1 aliphatic heterocycles. The normalized spacial score (nSPS) is 18.1. The Morgan fingerprint density at radius 3 is 2.75 bits per heavy atom. The number of nitrogens with zero attached hydrogens (tertiary/aromatic N) is 1. The highest BCUT2D eigenvalue weighted by Crippen LogP contribution is 2.18. The molecule has 2 rings (SSSR count). The number of carbonyl (C=O) groups excluding carboxylic acids is 2. The summed E-state index contributed by atoms with van der Waals surface area (Å²) in [5.41, 5.74) is 1.21. The summed E-state index contributed by atoms with van der Waals surface area (Å²) in [4.78, 5) is 25.7. The molecule has 0 aliphatic carbocycles. The highest BCUT2D eigenvalue weighted by Gasteiger charge is 2.32. The van der Waals surface area contributed by atoms with E-state index in [0.29, 0.717) is 19.5 Å². The summed E-state index contributed by atoms with van der Waals surface area (Å²) in [6.45, 7) is 3.17. The molecular formula is C16H22N2O2. The van der Waals surface area contributed by atoms with Crippen LogP contribution in [0, 0.1) is 0 Å². The second-order valence-corrected chi connectivity index (χ2v) is 5.13. The van der Waals surface area contributed by atoms with Crippen LogP contribution in [0.1, 0.15) is 31.7 Å². The van der Waals surface area contributed by atoms with Gasteiger partial charge in [-0.2, -0.15) is 0 Å². The number of likely N-dealkylation sites (tertiary alicyclic amines) is 1. The van der Waals surface area contributed by atoms with E-state index in [1.54, 1.807) is 4.90 Å². The van der Waals surface area contributed by atoms with Crippen molar-refractivity contribution in [1.82, 2.24) is 10.2 Å². The number of nitrogens with one attached hydrogen (secondary N) is 1. The molecule has 0 spiro atoms. The van der Waals surface area contributed by atoms with Crippen molar-refractivity contribution in [1.29, 1.82) is 0 Å². The van der Waals surface area contributed by atoms with Crippen LogP contribution in [-0.4, -0.2) is 35.8 Å². The topological polar surface area (TPSA) is 49.4 Å². The molecule has 0 aromatic heterocycles. The quantitative estimate of drug-likeness (QED) is 0.889. The Morgan fingerprint density at radius 1 is 1.30 bits per heavy atom. The first-order valence-electron chi connectivity index (χ1n) is 7.33. The van der Waals surface area contributed by atoms with Gasteiger partial charge in [0.1, 0.15) is 6.04 Å². The smallest absolute Gasteiger partial charge is 0.242 e. The largest absolute Gasteiger partial charge is 0.354 e. The number of hydrogen-bond acceptors (Lipinski definition) is 2. The molecule has 1 N–H and O–H groups in total. The third-order valence-corrected chi connectivity index (χ3v) is 3.73. The molecule has 4 nitrogen and oxygen atoms in total. The number of hydrogen-bond donors (Lipinski definition) is 1. The van der Waals surface area contributed by atoms with Gasteiger partial charge in [0.25, 0.3) is 0 Å². The SMILES string of the molecule is CCC(=O)N1CCCC1C(=O)NCCc1ccccc1. The monoisotopic (exact) mass is 274 g/mol. The second-order valence-electron chi connectivity index (χ2n) is 5.13. The molecule has 108 valence electrons. The summed E-state index contributed by atoms with van der Waals surface area (Å²) in [6.07, 6.45) is 2.99. The van der Waals surface area contributed by atoms with Crippen LogP contribution in [0.4, 0.5) is 0 Å². The number of rotatable bonds is 5. The predicted octanol–water partition coefficient (Wildman–Crippen LogP) is 1.75. The molecule has 1 aromatic carbocycles. The lowest BCUT2D eigenvalue weighted by Crippen LogP contribution is -2.46. The number of benzene rings is 1. The summed E-state index contributed by atoms with van der Waals surface area (Å²) in [5, 5.41) is 2.95. The van der Waals surface area contributed by atoms with Gasteiger partial charge >= 0.3 is 0 Å². The van der Waals surface area contributed by atoms with Crippen LogP contribution in [0.5, 0.6) is 0 Å². The molecule has 1 atom stereocenters. The van der Waals surface area contributed by atoms with Crippen molar-refractivity contribution in [2.75, 3.05) is 13.1 Å². The van der Waals surface area contributed by atoms with Crippen LogP contribution in [-0.2, 0) is 16.0 Å². The van der Waals surface area contributed by atoms with Gasteiger partial charge < -0.3 is 10.2 Å². The third kappa shape index (κ3) is 3.59. The van der Waals surface area contributed by atoms with E-state index < -0.39 is 0 Å². The maximum atomic E-state index is 12.2. The van der Waals surface area contributed by atoms with Gasteiger partial charge in [0.2, 0.25) is 11.8 Å². The summed E-state index contributed by atoms with van der Waals surface area (Å²) >= 11 is 0. The summed E-state index contributed by atoms with van der Waals surface area (Å²) in [5.74, 6) is 0.0611. The van der Waals surface area contributed by atoms with Crippen molar-refractivity contribution in [3.8, 4) is 0 Å². The first-order valence-corrected chi connectivity index (χ1v) is 7.33. The van der Waals surface area contributed by atoms with Gasteiger partial charge in [-0.15, -0.1) is 0 Å². The summed E-state index contributed by atoms with van der Waals surface area (Å²) in [7, 11) is 0. The Hall–Kier alpha value is -1.84. The number of amides is 2. The van der Waals surface area contributed by atoms with Crippen molar-refractivity contribution in [2.45, 2.75) is 38.6 Å². The van der Waals surface area contributed by atoms with Crippen molar-refractivity contribution in [3.05, 3.63) is 35.9 Å². The Kier molecular flexibility index (Phi) is 5.16. The van der Waals surface area contributed by atoms with E-state index in [1.165, 1.54) is 5.56 Å². The van der Waals surface area contributed by atoms with Crippen molar-refractivity contribution in [3.63, 3.8) is 0 Å². The van der Waals surface area contributed by atoms with Gasteiger partial charge in [-0.1, -0.05) is 37.3 Å². The van der Waals surface area contributed by atoms with Crippen LogP contribution in [0.2, 0.25) is 0 Å². The molecule has 1 fully saturated rings. The van der Waals surface area contributed by atoms with Gasteiger partial charge in [0, 0.05) is 19.5 Å². The molecular weight excluding hydrogens is 252 g/mol. The van der Waals surface area contributed by atoms with Crippen LogP contribution in [0.25, 0.3) is 0 Å². The lowest BCUT2D eigenvalue weighted by molar-refractivity contribution is -0.138. The Bertz CT molecular complexity index is 459.